The van der Waals surface area contributed by atoms with Crippen LogP contribution < -0.4 is 5.73 Å². The molecule has 12 heavy (non-hydrogen) atoms. The van der Waals surface area contributed by atoms with Gasteiger partial charge in [0.1, 0.15) is 5.01 Å². The molecular weight excluding hydrogens is 222 g/mol. The monoisotopic (exact) mass is 236 g/mol. The van der Waals surface area contributed by atoms with E-state index in [0.717, 1.165) is 0 Å². The molecule has 0 aromatic heterocycles. The molecule has 0 aromatic rings. The summed E-state index contributed by atoms with van der Waals surface area (Å²) >= 11 is 3.28. The molecule has 0 bridgehead atoms. The van der Waals surface area contributed by atoms with Crippen molar-refractivity contribution in [3.8, 4) is 0 Å². The van der Waals surface area contributed by atoms with Crippen molar-refractivity contribution in [2.75, 3.05) is 0 Å². The van der Waals surface area contributed by atoms with Crippen molar-refractivity contribution in [2.24, 2.45) is 0 Å². The van der Waals surface area contributed by atoms with Crippen LogP contribution in [0, 0.1) is 0 Å². The Hall–Kier alpha value is -0.0900. The third-order valence-electron chi connectivity index (χ3n) is 1.08. The molecule has 0 saturated heterocycles. The fourth-order valence-corrected chi connectivity index (χ4v) is 1.48. The van der Waals surface area contributed by atoms with Gasteiger partial charge < -0.3 is 4.74 Å². The first-order chi connectivity index (χ1) is 5.31. The van der Waals surface area contributed by atoms with E-state index in [1.165, 1.54) is 0 Å². The minimum absolute atomic E-state index is 0.133. The van der Waals surface area contributed by atoms with E-state index in [2.05, 4.69) is 15.9 Å². The number of hydrogen-bond acceptors (Lipinski definition) is 2. The molecule has 0 fully saturated rings. The second-order valence-corrected chi connectivity index (χ2v) is 4.62. The standard InChI is InChI=1S/C8H15BrNO2/c1-8(2,3)12-6(9)4-5-7(10)11/h6,10H,4-5H2,1-3H3. The fourth-order valence-electron chi connectivity index (χ4n) is 0.687. The number of rotatable bonds is 4. The van der Waals surface area contributed by atoms with Gasteiger partial charge in [0.2, 0.25) is 5.91 Å². The number of carbonyl (C=O) groups is 1. The first-order valence-corrected chi connectivity index (χ1v) is 4.79. The molecule has 1 N–H and O–H groups in total. The average Bonchev–Trinajstić information content (AvgIpc) is 1.79. The lowest BCUT2D eigenvalue weighted by Gasteiger charge is -2.23. The largest absolute Gasteiger partial charge is 0.361 e. The van der Waals surface area contributed by atoms with Crippen molar-refractivity contribution >= 4 is 21.8 Å². The quantitative estimate of drug-likeness (QED) is 0.703. The van der Waals surface area contributed by atoms with Crippen LogP contribution in [0.25, 0.3) is 0 Å². The van der Waals surface area contributed by atoms with Crippen LogP contribution in [-0.4, -0.2) is 16.5 Å². The summed E-state index contributed by atoms with van der Waals surface area (Å²) in [5, 5.41) is -0.133. The lowest BCUT2D eigenvalue weighted by Crippen LogP contribution is -2.24. The van der Waals surface area contributed by atoms with Gasteiger partial charge in [-0.3, -0.25) is 10.5 Å². The van der Waals surface area contributed by atoms with E-state index >= 15 is 0 Å². The van der Waals surface area contributed by atoms with Gasteiger partial charge in [0.15, 0.2) is 0 Å². The number of carbonyl (C=O) groups excluding carboxylic acids is 1. The van der Waals surface area contributed by atoms with E-state index < -0.39 is 5.91 Å². The van der Waals surface area contributed by atoms with E-state index in [-0.39, 0.29) is 17.0 Å². The zero-order chi connectivity index (χ0) is 9.78. The lowest BCUT2D eigenvalue weighted by molar-refractivity contribution is -0.119. The molecule has 1 atom stereocenters. The summed E-state index contributed by atoms with van der Waals surface area (Å²) in [6.07, 6.45) is 0.797. The van der Waals surface area contributed by atoms with Crippen LogP contribution in [0.3, 0.4) is 0 Å². The Labute approximate surface area is 81.8 Å². The smallest absolute Gasteiger partial charge is 0.238 e. The molecule has 0 saturated carbocycles. The fraction of sp³-hybridized carbons (Fsp3) is 0.875. The normalized spacial score (nSPS) is 14.3. The maximum absolute atomic E-state index is 10.3. The highest BCUT2D eigenvalue weighted by Gasteiger charge is 2.16. The summed E-state index contributed by atoms with van der Waals surface area (Å²) in [4.78, 5) is 10.3. The molecule has 3 nitrogen and oxygen atoms in total. The van der Waals surface area contributed by atoms with Crippen molar-refractivity contribution in [1.29, 1.82) is 0 Å². The number of amides is 1. The van der Waals surface area contributed by atoms with Gasteiger partial charge in [0.05, 0.1) is 5.60 Å². The minimum Gasteiger partial charge on any atom is -0.361 e. The van der Waals surface area contributed by atoms with Crippen LogP contribution in [-0.2, 0) is 9.53 Å². The van der Waals surface area contributed by atoms with Crippen molar-refractivity contribution in [3.05, 3.63) is 0 Å². The highest BCUT2D eigenvalue weighted by Crippen LogP contribution is 2.18. The predicted octanol–water partition coefficient (Wildman–Crippen LogP) is 2.11. The number of nitrogens with one attached hydrogen (secondary N) is 1. The molecule has 4 heteroatoms. The molecule has 0 aliphatic rings. The number of alkyl halides is 1. The van der Waals surface area contributed by atoms with Crippen LogP contribution in [0.5, 0.6) is 0 Å². The Morgan fingerprint density at radius 1 is 1.58 bits per heavy atom. The number of hydrogen-bond donors (Lipinski definition) is 0. The van der Waals surface area contributed by atoms with E-state index in [9.17, 15) is 4.79 Å². The molecule has 0 aromatic carbocycles. The van der Waals surface area contributed by atoms with E-state index in [1.807, 2.05) is 20.8 Å². The summed E-state index contributed by atoms with van der Waals surface area (Å²) in [5.74, 6) is -0.544. The highest BCUT2D eigenvalue weighted by molar-refractivity contribution is 9.09. The molecule has 71 valence electrons. The second-order valence-electron chi connectivity index (χ2n) is 3.60. The van der Waals surface area contributed by atoms with Gasteiger partial charge in [0, 0.05) is 6.42 Å². The molecule has 1 radical (unpaired) electrons. The van der Waals surface area contributed by atoms with Crippen LogP contribution >= 0.6 is 15.9 Å². The zero-order valence-electron chi connectivity index (χ0n) is 7.69. The van der Waals surface area contributed by atoms with E-state index in [1.54, 1.807) is 0 Å². The first kappa shape index (κ1) is 11.9. The molecule has 1 unspecified atom stereocenters. The Bertz CT molecular complexity index is 154. The van der Waals surface area contributed by atoms with Crippen LogP contribution in [0.4, 0.5) is 0 Å². The van der Waals surface area contributed by atoms with Crippen molar-refractivity contribution in [1.82, 2.24) is 5.73 Å². The van der Waals surface area contributed by atoms with Gasteiger partial charge in [-0.15, -0.1) is 0 Å². The Morgan fingerprint density at radius 3 is 2.42 bits per heavy atom. The van der Waals surface area contributed by atoms with Gasteiger partial charge in [-0.25, -0.2) is 0 Å². The maximum Gasteiger partial charge on any atom is 0.238 e. The molecule has 0 spiro atoms. The van der Waals surface area contributed by atoms with Crippen molar-refractivity contribution in [2.45, 2.75) is 44.2 Å². The van der Waals surface area contributed by atoms with Gasteiger partial charge >= 0.3 is 0 Å². The summed E-state index contributed by atoms with van der Waals surface area (Å²) in [5.41, 5.74) is 6.48. The van der Waals surface area contributed by atoms with Crippen LogP contribution in [0.1, 0.15) is 33.6 Å². The first-order valence-electron chi connectivity index (χ1n) is 3.87. The van der Waals surface area contributed by atoms with Crippen molar-refractivity contribution < 1.29 is 9.53 Å². The van der Waals surface area contributed by atoms with Gasteiger partial charge in [-0.2, -0.15) is 0 Å². The zero-order valence-corrected chi connectivity index (χ0v) is 9.27. The van der Waals surface area contributed by atoms with E-state index in [4.69, 9.17) is 10.5 Å². The summed E-state index contributed by atoms with van der Waals surface area (Å²) in [6.45, 7) is 5.84. The lowest BCUT2D eigenvalue weighted by atomic mass is 10.2. The van der Waals surface area contributed by atoms with Gasteiger partial charge in [-0.05, 0) is 27.2 Å². The molecule has 0 aliphatic heterocycles. The Morgan fingerprint density at radius 2 is 2.08 bits per heavy atom. The summed E-state index contributed by atoms with van der Waals surface area (Å²) in [6, 6.07) is 0. The third kappa shape index (κ3) is 8.01. The van der Waals surface area contributed by atoms with Gasteiger partial charge in [0.25, 0.3) is 0 Å². The molecule has 0 heterocycles. The second kappa shape index (κ2) is 4.82. The average molecular weight is 237 g/mol. The molecular formula is C8H15BrNO2. The maximum atomic E-state index is 10.3. The van der Waals surface area contributed by atoms with E-state index in [0.29, 0.717) is 6.42 Å². The number of halogens is 1. The van der Waals surface area contributed by atoms with Crippen LogP contribution in [0.15, 0.2) is 0 Å². The Balaban J connectivity index is 3.60. The molecule has 0 rings (SSSR count). The minimum atomic E-state index is -0.544. The number of ether oxygens (including phenoxy) is 1. The molecule has 1 amide bonds. The molecule has 0 aliphatic carbocycles. The summed E-state index contributed by atoms with van der Waals surface area (Å²) in [7, 11) is 0. The van der Waals surface area contributed by atoms with Gasteiger partial charge in [-0.1, -0.05) is 15.9 Å². The third-order valence-corrected chi connectivity index (χ3v) is 1.72. The predicted molar refractivity (Wildman–Crippen MR) is 50.9 cm³/mol. The Kier molecular flexibility index (Phi) is 4.78. The highest BCUT2D eigenvalue weighted by atomic mass is 79.9. The van der Waals surface area contributed by atoms with Crippen LogP contribution in [0.2, 0.25) is 0 Å². The SMILES string of the molecule is CC(C)(C)OC(Br)CCC([NH])=O. The van der Waals surface area contributed by atoms with Crippen molar-refractivity contribution in [3.63, 3.8) is 0 Å². The topological polar surface area (TPSA) is 50.1 Å². The summed E-state index contributed by atoms with van der Waals surface area (Å²) < 4.78 is 5.47.